The first-order valence-electron chi connectivity index (χ1n) is 6.92. The van der Waals surface area contributed by atoms with Crippen molar-refractivity contribution in [2.75, 3.05) is 0 Å². The number of hydrogen-bond donors (Lipinski definition) is 0. The molecule has 0 atom stereocenters. The lowest BCUT2D eigenvalue weighted by molar-refractivity contribution is 0.304. The van der Waals surface area contributed by atoms with Crippen molar-refractivity contribution in [2.24, 2.45) is 0 Å². The van der Waals surface area contributed by atoms with Crippen LogP contribution in [0.5, 0.6) is 0 Å². The highest BCUT2D eigenvalue weighted by atomic mass is 28.5. The van der Waals surface area contributed by atoms with Gasteiger partial charge in [0.2, 0.25) is 0 Å². The van der Waals surface area contributed by atoms with Crippen molar-refractivity contribution in [3.8, 4) is 0 Å². The molecule has 0 aliphatic rings. The Morgan fingerprint density at radius 1 is 0.600 bits per heavy atom. The van der Waals surface area contributed by atoms with Gasteiger partial charge < -0.3 is 16.5 Å². The van der Waals surface area contributed by atoms with Gasteiger partial charge in [0.25, 0.3) is 0 Å². The van der Waals surface area contributed by atoms with Crippen LogP contribution in [-0.2, 0) is 16.5 Å². The highest BCUT2D eigenvalue weighted by Gasteiger charge is 2.42. The molecule has 0 aromatic carbocycles. The summed E-state index contributed by atoms with van der Waals surface area (Å²) in [5.74, 6) is 0. The van der Waals surface area contributed by atoms with Crippen molar-refractivity contribution in [1.82, 2.24) is 0 Å². The van der Waals surface area contributed by atoms with E-state index < -0.39 is 43.8 Å². The first kappa shape index (κ1) is 23.4. The third-order valence-electron chi connectivity index (χ3n) is 2.03. The quantitative estimate of drug-likeness (QED) is 0.603. The van der Waals surface area contributed by atoms with E-state index in [1.165, 1.54) is 0 Å². The Bertz CT molecular complexity index is 290. The average molecular weight is 385 g/mol. The van der Waals surface area contributed by atoms with Crippen molar-refractivity contribution in [2.45, 2.75) is 65.5 Å². The number of rotatable bonds is 8. The summed E-state index contributed by atoms with van der Waals surface area (Å²) in [4.78, 5) is 0. The smallest absolute Gasteiger partial charge is 0.314 e. The Balaban J connectivity index is 0. The van der Waals surface area contributed by atoms with E-state index in [0.29, 0.717) is 0 Å². The van der Waals surface area contributed by atoms with E-state index in [4.69, 9.17) is 16.5 Å². The van der Waals surface area contributed by atoms with Crippen LogP contribution in [0, 0.1) is 0 Å². The van der Waals surface area contributed by atoms with Gasteiger partial charge in [0.05, 0.1) is 0 Å². The molecule has 0 aliphatic carbocycles. The van der Waals surface area contributed by atoms with Gasteiger partial charge in [-0.2, -0.15) is 0 Å². The molecule has 0 spiro atoms. The van der Waals surface area contributed by atoms with Gasteiger partial charge in [-0.1, -0.05) is 6.55 Å². The van der Waals surface area contributed by atoms with Crippen LogP contribution in [-0.4, -0.2) is 54.7 Å². The predicted octanol–water partition coefficient (Wildman–Crippen LogP) is 2.74. The van der Waals surface area contributed by atoms with E-state index in [9.17, 15) is 0 Å². The molecule has 0 amide bonds. The summed E-state index contributed by atoms with van der Waals surface area (Å²) in [6, 6.07) is 0. The minimum Gasteiger partial charge on any atom is -0.442 e. The summed E-state index contributed by atoms with van der Waals surface area (Å²) >= 11 is 0. The van der Waals surface area contributed by atoms with Crippen LogP contribution < -0.4 is 0 Å². The van der Waals surface area contributed by atoms with Gasteiger partial charge in [-0.3, -0.25) is 0 Å². The summed E-state index contributed by atoms with van der Waals surface area (Å²) in [5.41, 5.74) is 0. The fraction of sp³-hybridized carbons (Fsp3) is 1.00. The molecule has 0 saturated heterocycles. The second kappa shape index (κ2) is 8.12. The molecule has 4 radical (unpaired) electrons. The van der Waals surface area contributed by atoms with Crippen molar-refractivity contribution in [1.29, 1.82) is 0 Å². The molecule has 0 aliphatic heterocycles. The largest absolute Gasteiger partial charge is 0.442 e. The van der Waals surface area contributed by atoms with Crippen LogP contribution >= 0.6 is 0 Å². The second-order valence-electron chi connectivity index (χ2n) is 7.05. The lowest BCUT2D eigenvalue weighted by Crippen LogP contribution is -2.56. The lowest BCUT2D eigenvalue weighted by Gasteiger charge is -2.39. The van der Waals surface area contributed by atoms with Gasteiger partial charge in [0.15, 0.2) is 8.32 Å². The molecule has 0 N–H and O–H groups in total. The molecule has 10 heteroatoms. The van der Waals surface area contributed by atoms with Crippen LogP contribution in [0.15, 0.2) is 0 Å². The summed E-state index contributed by atoms with van der Waals surface area (Å²) in [5, 5.41) is 0. The second-order valence-corrected chi connectivity index (χ2v) is 23.9. The van der Waals surface area contributed by atoms with Gasteiger partial charge in [0, 0.05) is 11.0 Å². The molecule has 4 nitrogen and oxygen atoms in total. The molecule has 0 unspecified atom stereocenters. The normalized spacial score (nSPS) is 14.7. The summed E-state index contributed by atoms with van der Waals surface area (Å²) < 4.78 is 24.7. The van der Waals surface area contributed by atoms with Gasteiger partial charge in [-0.15, -0.1) is 0 Å². The minimum absolute atomic E-state index is 0. The van der Waals surface area contributed by atoms with E-state index in [2.05, 4.69) is 65.5 Å². The third kappa shape index (κ3) is 11.8. The maximum absolute atomic E-state index is 6.32. The zero-order chi connectivity index (χ0) is 15.5. The Morgan fingerprint density at radius 2 is 0.950 bits per heavy atom. The third-order valence-corrected chi connectivity index (χ3v) is 18.2. The predicted molar refractivity (Wildman–Crippen MR) is 100 cm³/mol. The highest BCUT2D eigenvalue weighted by Crippen LogP contribution is 2.23. The summed E-state index contributed by atoms with van der Waals surface area (Å²) in [7, 11) is -8.35. The molecule has 0 rings (SSSR count). The fourth-order valence-electron chi connectivity index (χ4n) is 2.34. The maximum atomic E-state index is 6.32. The monoisotopic (exact) mass is 384 g/mol. The first-order chi connectivity index (χ1) is 8.18. The van der Waals surface area contributed by atoms with Crippen LogP contribution in [0.25, 0.3) is 0 Å². The molecular formula is C10H32O4Si6. The number of hydrogen-bond acceptors (Lipinski definition) is 4. The maximum Gasteiger partial charge on any atom is 0.314 e. The van der Waals surface area contributed by atoms with Crippen molar-refractivity contribution < 1.29 is 16.5 Å². The van der Waals surface area contributed by atoms with Crippen LogP contribution in [0.3, 0.4) is 0 Å². The van der Waals surface area contributed by atoms with Crippen LogP contribution in [0.1, 0.15) is 0 Å². The molecule has 0 fully saturated rings. The standard InChI is InChI=1S/C10H32O4Si5.Si/c1-15-11-17(5,6)13-19(9,10)14-18(7,8)12-16(2,3)4;/h15H2,1-10H3;. The zero-order valence-electron chi connectivity index (χ0n) is 14.8. The van der Waals surface area contributed by atoms with Gasteiger partial charge in [0.1, 0.15) is 9.76 Å². The molecule has 120 valence electrons. The van der Waals surface area contributed by atoms with Crippen LogP contribution in [0.4, 0.5) is 0 Å². The average Bonchev–Trinajstić information content (AvgIpc) is 1.90. The molecule has 0 aromatic rings. The van der Waals surface area contributed by atoms with E-state index in [0.717, 1.165) is 0 Å². The van der Waals surface area contributed by atoms with Crippen molar-refractivity contribution in [3.63, 3.8) is 0 Å². The summed E-state index contributed by atoms with van der Waals surface area (Å²) in [6.07, 6.45) is 0. The SMILES string of the molecule is C[SiH2]O[Si](C)(C)O[Si](C)(C)O[Si](C)(C)O[Si](C)(C)C.[Si]. The molecular weight excluding hydrogens is 353 g/mol. The Kier molecular flexibility index (Phi) is 9.51. The molecule has 0 aromatic heterocycles. The van der Waals surface area contributed by atoms with E-state index >= 15 is 0 Å². The van der Waals surface area contributed by atoms with Crippen molar-refractivity contribution >= 4 is 54.7 Å². The van der Waals surface area contributed by atoms with Gasteiger partial charge in [-0.25, -0.2) is 0 Å². The molecule has 20 heavy (non-hydrogen) atoms. The lowest BCUT2D eigenvalue weighted by atomic mass is 11.8. The molecule has 0 heterocycles. The topological polar surface area (TPSA) is 36.9 Å². The first-order valence-corrected chi connectivity index (χ1v) is 20.8. The molecule has 0 saturated carbocycles. The summed E-state index contributed by atoms with van der Waals surface area (Å²) in [6.45, 7) is 21.4. The van der Waals surface area contributed by atoms with E-state index in [1.54, 1.807) is 0 Å². The fourth-order valence-corrected chi connectivity index (χ4v) is 22.3. The van der Waals surface area contributed by atoms with E-state index in [1.807, 2.05) is 0 Å². The highest BCUT2D eigenvalue weighted by molar-refractivity contribution is 6.88. The minimum atomic E-state index is -2.19. The Morgan fingerprint density at radius 3 is 1.30 bits per heavy atom. The van der Waals surface area contributed by atoms with Gasteiger partial charge in [-0.05, 0) is 58.9 Å². The Hall–Kier alpha value is 1.14. The van der Waals surface area contributed by atoms with Crippen molar-refractivity contribution in [3.05, 3.63) is 0 Å². The molecule has 0 bridgehead atoms. The van der Waals surface area contributed by atoms with Crippen LogP contribution in [0.2, 0.25) is 65.5 Å². The Labute approximate surface area is 136 Å². The van der Waals surface area contributed by atoms with Gasteiger partial charge >= 0.3 is 25.7 Å². The van der Waals surface area contributed by atoms with E-state index in [-0.39, 0.29) is 11.0 Å². The zero-order valence-corrected chi connectivity index (χ0v) is 21.3.